The molecule has 0 bridgehead atoms. The molecule has 0 spiro atoms. The van der Waals surface area contributed by atoms with Gasteiger partial charge in [0.25, 0.3) is 0 Å². The van der Waals surface area contributed by atoms with Gasteiger partial charge in [0.15, 0.2) is 5.82 Å². The lowest BCUT2D eigenvalue weighted by Crippen LogP contribution is -2.26. The number of nitrogens with zero attached hydrogens (tertiary/aromatic N) is 3. The van der Waals surface area contributed by atoms with Gasteiger partial charge in [0.05, 0.1) is 6.20 Å². The number of aromatic nitrogens is 3. The zero-order valence-electron chi connectivity index (χ0n) is 9.77. The highest BCUT2D eigenvalue weighted by atomic mass is 32.2. The Hall–Kier alpha value is -1.23. The van der Waals surface area contributed by atoms with E-state index < -0.39 is 0 Å². The third-order valence-corrected chi connectivity index (χ3v) is 3.81. The van der Waals surface area contributed by atoms with Crippen LogP contribution in [0.2, 0.25) is 0 Å². The molecule has 0 saturated carbocycles. The van der Waals surface area contributed by atoms with Gasteiger partial charge in [-0.05, 0) is 26.2 Å². The Bertz CT molecular complexity index is 478. The quantitative estimate of drug-likeness (QED) is 0.884. The summed E-state index contributed by atoms with van der Waals surface area (Å²) in [5, 5.41) is 7.55. The first kappa shape index (κ1) is 11.3. The Balaban J connectivity index is 2.18. The van der Waals surface area contributed by atoms with Crippen LogP contribution in [0.25, 0.3) is 5.52 Å². The molecule has 0 radical (unpaired) electrons. The zero-order valence-corrected chi connectivity index (χ0v) is 10.6. The molecule has 2 aromatic rings. The molecule has 2 rings (SSSR count). The predicted octanol–water partition coefficient (Wildman–Crippen LogP) is 2.28. The predicted molar refractivity (Wildman–Crippen MR) is 69.1 cm³/mol. The molecule has 0 aromatic carbocycles. The molecule has 0 aliphatic rings. The average Bonchev–Trinajstić information content (AvgIpc) is 2.75. The number of fused-ring (bicyclic) bond motifs is 1. The first-order chi connectivity index (χ1) is 7.62. The maximum absolute atomic E-state index is 4.34. The summed E-state index contributed by atoms with van der Waals surface area (Å²) in [5.74, 6) is 0.891. The molecule has 0 aliphatic heterocycles. The summed E-state index contributed by atoms with van der Waals surface area (Å²) >= 11 is 1.84. The summed E-state index contributed by atoms with van der Waals surface area (Å²) in [6.45, 7) is 5.30. The molecule has 2 aromatic heterocycles. The lowest BCUT2D eigenvalue weighted by atomic mass is 10.2. The third-order valence-electron chi connectivity index (χ3n) is 2.56. The van der Waals surface area contributed by atoms with Gasteiger partial charge >= 0.3 is 0 Å². The van der Waals surface area contributed by atoms with Gasteiger partial charge in [-0.15, -0.1) is 0 Å². The third kappa shape index (κ3) is 2.29. The van der Waals surface area contributed by atoms with Gasteiger partial charge in [0.1, 0.15) is 5.52 Å². The normalized spacial score (nSPS) is 11.9. The van der Waals surface area contributed by atoms with Crippen LogP contribution in [0.5, 0.6) is 0 Å². The highest BCUT2D eigenvalue weighted by molar-refractivity contribution is 7.99. The number of rotatable bonds is 4. The molecule has 0 saturated heterocycles. The van der Waals surface area contributed by atoms with E-state index >= 15 is 0 Å². The van der Waals surface area contributed by atoms with Gasteiger partial charge in [-0.25, -0.2) is 9.50 Å². The van der Waals surface area contributed by atoms with E-state index in [4.69, 9.17) is 0 Å². The van der Waals surface area contributed by atoms with Crippen LogP contribution in [0, 0.1) is 0 Å². The molecule has 0 unspecified atom stereocenters. The SMILES string of the molecule is CSC(C)(C)CNc1nccn2nccc12. The van der Waals surface area contributed by atoms with Crippen LogP contribution < -0.4 is 5.32 Å². The number of hydrogen-bond acceptors (Lipinski definition) is 4. The van der Waals surface area contributed by atoms with Gasteiger partial charge < -0.3 is 5.32 Å². The van der Waals surface area contributed by atoms with E-state index in [1.54, 1.807) is 12.4 Å². The van der Waals surface area contributed by atoms with Gasteiger partial charge in [0.2, 0.25) is 0 Å². The number of thioether (sulfide) groups is 1. The molecule has 2 heterocycles. The summed E-state index contributed by atoms with van der Waals surface area (Å²) in [4.78, 5) is 4.34. The van der Waals surface area contributed by atoms with Crippen molar-refractivity contribution < 1.29 is 0 Å². The molecule has 86 valence electrons. The maximum atomic E-state index is 4.34. The van der Waals surface area contributed by atoms with Crippen molar-refractivity contribution in [3.8, 4) is 0 Å². The lowest BCUT2D eigenvalue weighted by Gasteiger charge is -2.22. The topological polar surface area (TPSA) is 42.2 Å². The van der Waals surface area contributed by atoms with E-state index in [0.717, 1.165) is 17.9 Å². The number of hydrogen-bond donors (Lipinski definition) is 1. The van der Waals surface area contributed by atoms with Gasteiger partial charge in [-0.1, -0.05) is 0 Å². The standard InChI is InChI=1S/C11H16N4S/c1-11(2,16-3)8-13-10-9-4-5-14-15(9)7-6-12-10/h4-7H,8H2,1-3H3,(H,12,13). The zero-order chi connectivity index (χ0) is 11.6. The average molecular weight is 236 g/mol. The van der Waals surface area contributed by atoms with Crippen LogP contribution in [-0.2, 0) is 0 Å². The largest absolute Gasteiger partial charge is 0.367 e. The monoisotopic (exact) mass is 236 g/mol. The van der Waals surface area contributed by atoms with Crippen molar-refractivity contribution in [2.24, 2.45) is 0 Å². The molecular formula is C11H16N4S. The highest BCUT2D eigenvalue weighted by Gasteiger charge is 2.16. The van der Waals surface area contributed by atoms with Gasteiger partial charge in [-0.3, -0.25) is 0 Å². The Labute approximate surface area is 99.5 Å². The summed E-state index contributed by atoms with van der Waals surface area (Å²) in [7, 11) is 0. The van der Waals surface area contributed by atoms with Gasteiger partial charge in [0, 0.05) is 23.7 Å². The second-order valence-corrected chi connectivity index (χ2v) is 5.77. The Morgan fingerprint density at radius 3 is 3.00 bits per heavy atom. The minimum atomic E-state index is 0.203. The van der Waals surface area contributed by atoms with E-state index in [2.05, 4.69) is 35.5 Å². The van der Waals surface area contributed by atoms with Crippen molar-refractivity contribution in [2.45, 2.75) is 18.6 Å². The van der Waals surface area contributed by atoms with E-state index in [1.165, 1.54) is 0 Å². The van der Waals surface area contributed by atoms with Crippen molar-refractivity contribution in [3.63, 3.8) is 0 Å². The summed E-state index contributed by atoms with van der Waals surface area (Å²) in [6.07, 6.45) is 7.51. The van der Waals surface area contributed by atoms with E-state index in [0.29, 0.717) is 0 Å². The summed E-state index contributed by atoms with van der Waals surface area (Å²) < 4.78 is 2.02. The fraction of sp³-hybridized carbons (Fsp3) is 0.455. The fourth-order valence-corrected chi connectivity index (χ4v) is 1.58. The van der Waals surface area contributed by atoms with Crippen LogP contribution in [0.15, 0.2) is 24.7 Å². The van der Waals surface area contributed by atoms with Gasteiger partial charge in [-0.2, -0.15) is 16.9 Å². The molecule has 1 N–H and O–H groups in total. The molecule has 16 heavy (non-hydrogen) atoms. The molecule has 4 nitrogen and oxygen atoms in total. The second-order valence-electron chi connectivity index (χ2n) is 4.25. The van der Waals surface area contributed by atoms with Crippen LogP contribution in [0.1, 0.15) is 13.8 Å². The molecule has 0 amide bonds. The lowest BCUT2D eigenvalue weighted by molar-refractivity contribution is 0.750. The fourth-order valence-electron chi connectivity index (χ4n) is 1.36. The molecule has 0 aliphatic carbocycles. The number of nitrogens with one attached hydrogen (secondary N) is 1. The number of anilines is 1. The van der Waals surface area contributed by atoms with Crippen molar-refractivity contribution in [1.82, 2.24) is 14.6 Å². The summed E-state index contributed by atoms with van der Waals surface area (Å²) in [5.41, 5.74) is 1.01. The van der Waals surface area contributed by atoms with Crippen LogP contribution in [0.4, 0.5) is 5.82 Å². The Kier molecular flexibility index (Phi) is 3.05. The first-order valence-corrected chi connectivity index (χ1v) is 6.42. The maximum Gasteiger partial charge on any atom is 0.152 e. The first-order valence-electron chi connectivity index (χ1n) is 5.20. The second kappa shape index (κ2) is 4.33. The minimum absolute atomic E-state index is 0.203. The molecular weight excluding hydrogens is 220 g/mol. The minimum Gasteiger partial charge on any atom is -0.367 e. The van der Waals surface area contributed by atoms with Crippen molar-refractivity contribution in [2.75, 3.05) is 18.1 Å². The van der Waals surface area contributed by atoms with Crippen LogP contribution in [0.3, 0.4) is 0 Å². The van der Waals surface area contributed by atoms with Crippen LogP contribution >= 0.6 is 11.8 Å². The smallest absolute Gasteiger partial charge is 0.152 e. The van der Waals surface area contributed by atoms with Crippen molar-refractivity contribution in [1.29, 1.82) is 0 Å². The van der Waals surface area contributed by atoms with Crippen molar-refractivity contribution in [3.05, 3.63) is 24.7 Å². The van der Waals surface area contributed by atoms with Crippen LogP contribution in [-0.4, -0.2) is 32.1 Å². The van der Waals surface area contributed by atoms with E-state index in [9.17, 15) is 0 Å². The molecule has 0 atom stereocenters. The molecule has 0 fully saturated rings. The summed E-state index contributed by atoms with van der Waals surface area (Å²) in [6, 6.07) is 1.96. The van der Waals surface area contributed by atoms with E-state index in [-0.39, 0.29) is 4.75 Å². The molecule has 5 heteroatoms. The van der Waals surface area contributed by atoms with Crippen molar-refractivity contribution >= 4 is 23.1 Å². The highest BCUT2D eigenvalue weighted by Crippen LogP contribution is 2.22. The Morgan fingerprint density at radius 1 is 1.44 bits per heavy atom. The Morgan fingerprint density at radius 2 is 2.25 bits per heavy atom. The van der Waals surface area contributed by atoms with E-state index in [1.807, 2.05) is 28.5 Å².